The van der Waals surface area contributed by atoms with Gasteiger partial charge in [0.15, 0.2) is 5.78 Å². The number of anilines is 2. The number of aromatic nitrogens is 1. The lowest BCUT2D eigenvalue weighted by atomic mass is 10.0. The SMILES string of the molecule is CC(=O)c1ccc(C#N)c(NC2CCN(c3cccc(C)n3)CC2)c1. The molecule has 25 heavy (non-hydrogen) atoms. The summed E-state index contributed by atoms with van der Waals surface area (Å²) in [6.07, 6.45) is 1.93. The first kappa shape index (κ1) is 17.0. The van der Waals surface area contributed by atoms with Crippen molar-refractivity contribution < 1.29 is 4.79 Å². The third-order valence-electron chi connectivity index (χ3n) is 4.60. The smallest absolute Gasteiger partial charge is 0.159 e. The van der Waals surface area contributed by atoms with Gasteiger partial charge in [-0.05, 0) is 57.0 Å². The second-order valence-electron chi connectivity index (χ2n) is 6.47. The molecule has 0 radical (unpaired) electrons. The van der Waals surface area contributed by atoms with Crippen LogP contribution in [0.3, 0.4) is 0 Å². The fraction of sp³-hybridized carbons (Fsp3) is 0.350. The van der Waals surface area contributed by atoms with Gasteiger partial charge >= 0.3 is 0 Å². The van der Waals surface area contributed by atoms with Gasteiger partial charge in [0.2, 0.25) is 0 Å². The van der Waals surface area contributed by atoms with Crippen molar-refractivity contribution >= 4 is 17.3 Å². The van der Waals surface area contributed by atoms with Crippen molar-refractivity contribution in [2.45, 2.75) is 32.7 Å². The first-order valence-electron chi connectivity index (χ1n) is 8.57. The molecule has 0 spiro atoms. The number of carbonyl (C=O) groups is 1. The molecular weight excluding hydrogens is 312 g/mol. The molecule has 1 aromatic carbocycles. The Hall–Kier alpha value is -2.87. The summed E-state index contributed by atoms with van der Waals surface area (Å²) < 4.78 is 0. The predicted octanol–water partition coefficient (Wildman–Crippen LogP) is 3.55. The van der Waals surface area contributed by atoms with Gasteiger partial charge in [0.05, 0.1) is 11.3 Å². The van der Waals surface area contributed by atoms with Crippen LogP contribution in [0, 0.1) is 18.3 Å². The molecule has 1 fully saturated rings. The number of aryl methyl sites for hydroxylation is 1. The molecule has 2 aromatic rings. The van der Waals surface area contributed by atoms with Crippen LogP contribution in [0.1, 0.15) is 41.4 Å². The molecule has 1 aromatic heterocycles. The molecule has 1 aliphatic rings. The third-order valence-corrected chi connectivity index (χ3v) is 4.60. The molecule has 1 saturated heterocycles. The van der Waals surface area contributed by atoms with Crippen molar-refractivity contribution in [2.24, 2.45) is 0 Å². The number of hydrogen-bond acceptors (Lipinski definition) is 5. The van der Waals surface area contributed by atoms with E-state index in [1.807, 2.05) is 25.1 Å². The average molecular weight is 334 g/mol. The van der Waals surface area contributed by atoms with E-state index in [-0.39, 0.29) is 11.8 Å². The van der Waals surface area contributed by atoms with Gasteiger partial charge in [0.25, 0.3) is 0 Å². The van der Waals surface area contributed by atoms with Crippen LogP contribution in [0.5, 0.6) is 0 Å². The van der Waals surface area contributed by atoms with Gasteiger partial charge in [0.1, 0.15) is 11.9 Å². The summed E-state index contributed by atoms with van der Waals surface area (Å²) in [4.78, 5) is 18.5. The van der Waals surface area contributed by atoms with E-state index in [0.717, 1.165) is 43.1 Å². The van der Waals surface area contributed by atoms with Crippen LogP contribution in [0.4, 0.5) is 11.5 Å². The number of Topliss-reactive ketones (excluding diaryl/α,β-unsaturated/α-hetero) is 1. The summed E-state index contributed by atoms with van der Waals surface area (Å²) in [7, 11) is 0. The van der Waals surface area contributed by atoms with Crippen LogP contribution >= 0.6 is 0 Å². The summed E-state index contributed by atoms with van der Waals surface area (Å²) in [6.45, 7) is 5.38. The maximum absolute atomic E-state index is 11.6. The van der Waals surface area contributed by atoms with Gasteiger partial charge in [-0.15, -0.1) is 0 Å². The van der Waals surface area contributed by atoms with E-state index in [1.54, 1.807) is 25.1 Å². The first-order chi connectivity index (χ1) is 12.1. The summed E-state index contributed by atoms with van der Waals surface area (Å²) in [6, 6.07) is 13.8. The quantitative estimate of drug-likeness (QED) is 0.866. The summed E-state index contributed by atoms with van der Waals surface area (Å²) >= 11 is 0. The fourth-order valence-electron chi connectivity index (χ4n) is 3.16. The number of nitrogens with one attached hydrogen (secondary N) is 1. The molecule has 0 bridgehead atoms. The van der Waals surface area contributed by atoms with E-state index in [0.29, 0.717) is 11.1 Å². The van der Waals surface area contributed by atoms with Gasteiger partial charge < -0.3 is 10.2 Å². The van der Waals surface area contributed by atoms with Gasteiger partial charge in [-0.1, -0.05) is 6.07 Å². The van der Waals surface area contributed by atoms with Crippen molar-refractivity contribution in [3.63, 3.8) is 0 Å². The van der Waals surface area contributed by atoms with E-state index in [9.17, 15) is 10.1 Å². The molecule has 0 aliphatic carbocycles. The second kappa shape index (κ2) is 7.35. The van der Waals surface area contributed by atoms with E-state index in [1.165, 1.54) is 0 Å². The molecular formula is C20H22N4O. The van der Waals surface area contributed by atoms with Crippen molar-refractivity contribution in [1.82, 2.24) is 4.98 Å². The molecule has 128 valence electrons. The Kier molecular flexibility index (Phi) is 4.99. The zero-order chi connectivity index (χ0) is 17.8. The minimum Gasteiger partial charge on any atom is -0.381 e. The lowest BCUT2D eigenvalue weighted by Gasteiger charge is -2.34. The number of nitriles is 1. The van der Waals surface area contributed by atoms with Gasteiger partial charge in [-0.3, -0.25) is 4.79 Å². The molecule has 0 amide bonds. The Morgan fingerprint density at radius 1 is 1.28 bits per heavy atom. The lowest BCUT2D eigenvalue weighted by molar-refractivity contribution is 0.101. The van der Waals surface area contributed by atoms with Crippen LogP contribution < -0.4 is 10.2 Å². The van der Waals surface area contributed by atoms with E-state index < -0.39 is 0 Å². The Balaban J connectivity index is 1.67. The number of piperidine rings is 1. The van der Waals surface area contributed by atoms with Crippen molar-refractivity contribution in [3.05, 3.63) is 53.2 Å². The number of rotatable bonds is 4. The molecule has 0 saturated carbocycles. The Labute approximate surface area is 148 Å². The standard InChI is InChI=1S/C20H22N4O/c1-14-4-3-5-20(22-14)24-10-8-18(9-11-24)23-19-12-16(15(2)25)6-7-17(19)13-21/h3-7,12,18,23H,8-11H2,1-2H3. The molecule has 0 unspecified atom stereocenters. The highest BCUT2D eigenvalue weighted by molar-refractivity contribution is 5.95. The number of nitrogens with zero attached hydrogens (tertiary/aromatic N) is 3. The topological polar surface area (TPSA) is 69.0 Å². The molecule has 1 N–H and O–H groups in total. The zero-order valence-corrected chi connectivity index (χ0v) is 14.6. The Bertz CT molecular complexity index is 817. The second-order valence-corrected chi connectivity index (χ2v) is 6.47. The van der Waals surface area contributed by atoms with Crippen molar-refractivity contribution in [2.75, 3.05) is 23.3 Å². The summed E-state index contributed by atoms with van der Waals surface area (Å²) in [5.41, 5.74) is 2.98. The van der Waals surface area contributed by atoms with E-state index in [2.05, 4.69) is 21.3 Å². The lowest BCUT2D eigenvalue weighted by Crippen LogP contribution is -2.39. The highest BCUT2D eigenvalue weighted by atomic mass is 16.1. The Morgan fingerprint density at radius 3 is 2.68 bits per heavy atom. The predicted molar refractivity (Wildman–Crippen MR) is 99.0 cm³/mol. The monoisotopic (exact) mass is 334 g/mol. The maximum Gasteiger partial charge on any atom is 0.159 e. The number of hydrogen-bond donors (Lipinski definition) is 1. The van der Waals surface area contributed by atoms with Crippen LogP contribution in [0.2, 0.25) is 0 Å². The van der Waals surface area contributed by atoms with Crippen molar-refractivity contribution in [3.8, 4) is 6.07 Å². The molecule has 5 nitrogen and oxygen atoms in total. The van der Waals surface area contributed by atoms with Crippen LogP contribution in [-0.2, 0) is 0 Å². The van der Waals surface area contributed by atoms with Crippen LogP contribution in [0.15, 0.2) is 36.4 Å². The maximum atomic E-state index is 11.6. The number of benzene rings is 1. The summed E-state index contributed by atoms with van der Waals surface area (Å²) in [5, 5.41) is 12.8. The number of pyridine rings is 1. The largest absolute Gasteiger partial charge is 0.381 e. The molecule has 0 atom stereocenters. The molecule has 1 aliphatic heterocycles. The Morgan fingerprint density at radius 2 is 2.04 bits per heavy atom. The molecule has 3 rings (SSSR count). The van der Waals surface area contributed by atoms with Crippen LogP contribution in [-0.4, -0.2) is 29.9 Å². The van der Waals surface area contributed by atoms with Gasteiger partial charge in [0, 0.05) is 30.4 Å². The number of ketones is 1. The van der Waals surface area contributed by atoms with E-state index in [4.69, 9.17) is 0 Å². The zero-order valence-electron chi connectivity index (χ0n) is 14.6. The highest BCUT2D eigenvalue weighted by Crippen LogP contribution is 2.24. The third kappa shape index (κ3) is 3.97. The number of carbonyl (C=O) groups excluding carboxylic acids is 1. The van der Waals surface area contributed by atoms with Crippen LogP contribution in [0.25, 0.3) is 0 Å². The normalized spacial score (nSPS) is 14.8. The molecule has 5 heteroatoms. The van der Waals surface area contributed by atoms with Crippen molar-refractivity contribution in [1.29, 1.82) is 5.26 Å². The van der Waals surface area contributed by atoms with Gasteiger partial charge in [-0.2, -0.15) is 5.26 Å². The summed E-state index contributed by atoms with van der Waals surface area (Å²) in [5.74, 6) is 1.03. The highest BCUT2D eigenvalue weighted by Gasteiger charge is 2.21. The average Bonchev–Trinajstić information content (AvgIpc) is 2.62. The van der Waals surface area contributed by atoms with E-state index >= 15 is 0 Å². The fourth-order valence-corrected chi connectivity index (χ4v) is 3.16. The molecule has 2 heterocycles. The minimum absolute atomic E-state index is 0.00730. The van der Waals surface area contributed by atoms with Gasteiger partial charge in [-0.25, -0.2) is 4.98 Å². The minimum atomic E-state index is 0.00730. The first-order valence-corrected chi connectivity index (χ1v) is 8.57.